The number of urea groups is 1. The zero-order valence-corrected chi connectivity index (χ0v) is 17.8. The van der Waals surface area contributed by atoms with Gasteiger partial charge >= 0.3 is 6.03 Å². The number of anilines is 3. The Morgan fingerprint density at radius 2 is 1.97 bits per heavy atom. The lowest BCUT2D eigenvalue weighted by molar-refractivity contribution is 0.102. The van der Waals surface area contributed by atoms with Gasteiger partial charge in [-0.05, 0) is 55.0 Å². The van der Waals surface area contributed by atoms with Crippen molar-refractivity contribution in [2.45, 2.75) is 11.9 Å². The second-order valence-electron chi connectivity index (χ2n) is 6.78. The van der Waals surface area contributed by atoms with E-state index in [0.29, 0.717) is 28.5 Å². The maximum absolute atomic E-state index is 12.8. The molecule has 30 heavy (non-hydrogen) atoms. The maximum Gasteiger partial charge on any atom is 0.326 e. The number of carbonyl (C=O) groups excluding carboxylic acids is 2. The molecule has 2 aromatic carbocycles. The Hall–Kier alpha value is -3.03. The largest absolute Gasteiger partial charge is 0.326 e. The average molecular weight is 439 g/mol. The molecule has 6 nitrogen and oxygen atoms in total. The van der Waals surface area contributed by atoms with E-state index >= 15 is 0 Å². The van der Waals surface area contributed by atoms with Gasteiger partial charge in [0, 0.05) is 29.7 Å². The van der Waals surface area contributed by atoms with E-state index in [1.807, 2.05) is 25.1 Å². The van der Waals surface area contributed by atoms with Crippen LogP contribution in [-0.2, 0) is 0 Å². The van der Waals surface area contributed by atoms with Crippen molar-refractivity contribution in [2.24, 2.45) is 0 Å². The van der Waals surface area contributed by atoms with Crippen LogP contribution in [0.15, 0.2) is 65.8 Å². The number of amides is 3. The van der Waals surface area contributed by atoms with Crippen molar-refractivity contribution in [1.29, 1.82) is 0 Å². The van der Waals surface area contributed by atoms with E-state index in [4.69, 9.17) is 11.6 Å². The molecule has 0 bridgehead atoms. The van der Waals surface area contributed by atoms with Crippen LogP contribution in [0, 0.1) is 6.92 Å². The fraction of sp³-hybridized carbons (Fsp3) is 0.136. The lowest BCUT2D eigenvalue weighted by Gasteiger charge is -2.28. The molecule has 8 heteroatoms. The number of halogens is 1. The number of carbonyl (C=O) groups is 2. The van der Waals surface area contributed by atoms with Gasteiger partial charge < -0.3 is 10.6 Å². The number of nitrogens with one attached hydrogen (secondary N) is 2. The number of hydrogen-bond acceptors (Lipinski definition) is 4. The van der Waals surface area contributed by atoms with Crippen LogP contribution in [0.25, 0.3) is 0 Å². The summed E-state index contributed by atoms with van der Waals surface area (Å²) in [5, 5.41) is 6.99. The van der Waals surface area contributed by atoms with Crippen molar-refractivity contribution in [3.8, 4) is 0 Å². The Labute approximate surface area is 183 Å². The molecule has 4 rings (SSSR count). The first-order valence-electron chi connectivity index (χ1n) is 9.35. The Morgan fingerprint density at radius 3 is 2.80 bits per heavy atom. The molecular weight excluding hydrogens is 420 g/mol. The van der Waals surface area contributed by atoms with Gasteiger partial charge in [0.25, 0.3) is 5.91 Å². The molecule has 152 valence electrons. The van der Waals surface area contributed by atoms with E-state index in [1.165, 1.54) is 0 Å². The number of nitrogens with zero attached hydrogens (tertiary/aromatic N) is 2. The van der Waals surface area contributed by atoms with Crippen molar-refractivity contribution >= 4 is 52.4 Å². The molecule has 2 N–H and O–H groups in total. The second-order valence-corrected chi connectivity index (χ2v) is 8.27. The minimum absolute atomic E-state index is 0.260. The van der Waals surface area contributed by atoms with Gasteiger partial charge in [0.15, 0.2) is 0 Å². The van der Waals surface area contributed by atoms with Crippen molar-refractivity contribution in [3.05, 3.63) is 76.9 Å². The van der Waals surface area contributed by atoms with Crippen LogP contribution in [0.2, 0.25) is 5.02 Å². The zero-order chi connectivity index (χ0) is 21.1. The number of pyridine rings is 1. The Balaban J connectivity index is 1.48. The van der Waals surface area contributed by atoms with Crippen molar-refractivity contribution < 1.29 is 9.59 Å². The van der Waals surface area contributed by atoms with Crippen LogP contribution in [0.3, 0.4) is 0 Å². The summed E-state index contributed by atoms with van der Waals surface area (Å²) < 4.78 is 0. The Kier molecular flexibility index (Phi) is 5.92. The molecule has 1 aliphatic heterocycles. The molecule has 1 aromatic heterocycles. The van der Waals surface area contributed by atoms with E-state index in [1.54, 1.807) is 59.3 Å². The molecule has 0 aliphatic carbocycles. The van der Waals surface area contributed by atoms with Gasteiger partial charge in [0.2, 0.25) is 0 Å². The zero-order valence-electron chi connectivity index (χ0n) is 16.2. The van der Waals surface area contributed by atoms with E-state index in [9.17, 15) is 9.59 Å². The predicted octanol–water partition coefficient (Wildman–Crippen LogP) is 5.44. The van der Waals surface area contributed by atoms with Crippen LogP contribution < -0.4 is 15.5 Å². The Bertz CT molecular complexity index is 1120. The third-order valence-electron chi connectivity index (χ3n) is 4.59. The highest BCUT2D eigenvalue weighted by atomic mass is 35.5. The summed E-state index contributed by atoms with van der Waals surface area (Å²) in [5.41, 5.74) is 3.29. The third-order valence-corrected chi connectivity index (χ3v) is 5.88. The molecule has 0 atom stereocenters. The summed E-state index contributed by atoms with van der Waals surface area (Å²) in [6.45, 7) is 2.51. The van der Waals surface area contributed by atoms with Gasteiger partial charge in [-0.15, -0.1) is 11.8 Å². The molecule has 3 amide bonds. The van der Waals surface area contributed by atoms with Gasteiger partial charge in [-0.3, -0.25) is 9.69 Å². The van der Waals surface area contributed by atoms with Gasteiger partial charge in [-0.1, -0.05) is 23.7 Å². The van der Waals surface area contributed by atoms with E-state index in [2.05, 4.69) is 15.6 Å². The smallest absolute Gasteiger partial charge is 0.321 e. The highest BCUT2D eigenvalue weighted by Gasteiger charge is 2.23. The summed E-state index contributed by atoms with van der Waals surface area (Å²) in [7, 11) is 0. The second kappa shape index (κ2) is 8.77. The highest BCUT2D eigenvalue weighted by Crippen LogP contribution is 2.32. The molecular formula is C22H19ClN4O2S. The van der Waals surface area contributed by atoms with E-state index < -0.39 is 0 Å². The first-order valence-corrected chi connectivity index (χ1v) is 10.7. The van der Waals surface area contributed by atoms with Crippen molar-refractivity contribution in [1.82, 2.24) is 4.98 Å². The molecule has 0 radical (unpaired) electrons. The summed E-state index contributed by atoms with van der Waals surface area (Å²) in [4.78, 5) is 31.5. The van der Waals surface area contributed by atoms with Gasteiger partial charge in [-0.2, -0.15) is 0 Å². The molecule has 2 heterocycles. The first-order chi connectivity index (χ1) is 14.5. The van der Waals surface area contributed by atoms with Crippen molar-refractivity contribution in [2.75, 3.05) is 27.8 Å². The Morgan fingerprint density at radius 1 is 1.10 bits per heavy atom. The number of fused-ring (bicyclic) bond motifs is 1. The number of rotatable bonds is 3. The number of aromatic nitrogens is 1. The third kappa shape index (κ3) is 4.42. The quantitative estimate of drug-likeness (QED) is 0.571. The van der Waals surface area contributed by atoms with Crippen LogP contribution >= 0.6 is 23.4 Å². The normalized spacial score (nSPS) is 12.8. The maximum atomic E-state index is 12.8. The first kappa shape index (κ1) is 20.3. The number of thioether (sulfide) groups is 1. The summed E-state index contributed by atoms with van der Waals surface area (Å²) in [6, 6.07) is 15.7. The van der Waals surface area contributed by atoms with Gasteiger partial charge in [-0.25, -0.2) is 9.78 Å². The topological polar surface area (TPSA) is 74.3 Å². The molecule has 3 aromatic rings. The predicted molar refractivity (Wildman–Crippen MR) is 122 cm³/mol. The van der Waals surface area contributed by atoms with Crippen LogP contribution in [0.1, 0.15) is 15.9 Å². The monoisotopic (exact) mass is 438 g/mol. The minimum Gasteiger partial charge on any atom is -0.321 e. The fourth-order valence-electron chi connectivity index (χ4n) is 3.11. The summed E-state index contributed by atoms with van der Waals surface area (Å²) in [6.07, 6.45) is 1.72. The number of benzene rings is 2. The molecule has 0 fully saturated rings. The van der Waals surface area contributed by atoms with E-state index in [0.717, 1.165) is 22.0 Å². The molecule has 0 unspecified atom stereocenters. The van der Waals surface area contributed by atoms with E-state index in [-0.39, 0.29) is 11.9 Å². The van der Waals surface area contributed by atoms with Gasteiger partial charge in [0.1, 0.15) is 5.03 Å². The molecule has 0 saturated carbocycles. The summed E-state index contributed by atoms with van der Waals surface area (Å²) >= 11 is 7.83. The lowest BCUT2D eigenvalue weighted by Crippen LogP contribution is -2.38. The van der Waals surface area contributed by atoms with Crippen LogP contribution in [-0.4, -0.2) is 29.2 Å². The summed E-state index contributed by atoms with van der Waals surface area (Å²) in [5.74, 6) is 0.470. The standard InChI is InChI=1S/C22H19ClN4O2S/c1-14-7-8-18(17(23)12-14)26-20(28)15-4-2-5-16(13-15)25-22(29)27-10-11-30-21-19(27)6-3-9-24-21/h2-9,12-13H,10-11H2,1H3,(H,25,29)(H,26,28). The SMILES string of the molecule is Cc1ccc(NC(=O)c2cccc(NC(=O)N3CCSc4ncccc43)c2)c(Cl)c1. The van der Waals surface area contributed by atoms with Crippen LogP contribution in [0.5, 0.6) is 0 Å². The molecule has 0 saturated heterocycles. The number of hydrogen-bond donors (Lipinski definition) is 2. The lowest BCUT2D eigenvalue weighted by atomic mass is 10.1. The van der Waals surface area contributed by atoms with Crippen molar-refractivity contribution in [3.63, 3.8) is 0 Å². The number of aryl methyl sites for hydroxylation is 1. The minimum atomic E-state index is -0.305. The average Bonchev–Trinajstić information content (AvgIpc) is 2.75. The fourth-order valence-corrected chi connectivity index (χ4v) is 4.32. The van der Waals surface area contributed by atoms with Gasteiger partial charge in [0.05, 0.1) is 16.4 Å². The molecule has 1 aliphatic rings. The molecule has 0 spiro atoms. The highest BCUT2D eigenvalue weighted by molar-refractivity contribution is 7.99. The van der Waals surface area contributed by atoms with Crippen LogP contribution in [0.4, 0.5) is 21.9 Å².